The molecule has 0 aliphatic heterocycles. The van der Waals surface area contributed by atoms with Gasteiger partial charge in [-0.25, -0.2) is 4.79 Å². The number of nitrogens with zero attached hydrogens (tertiary/aromatic N) is 1. The van der Waals surface area contributed by atoms with Crippen LogP contribution in [0.5, 0.6) is 0 Å². The van der Waals surface area contributed by atoms with Crippen LogP contribution in [-0.2, 0) is 16.0 Å². The van der Waals surface area contributed by atoms with Crippen LogP contribution in [0.15, 0.2) is 36.0 Å². The molecule has 0 radical (unpaired) electrons. The van der Waals surface area contributed by atoms with Crippen molar-refractivity contribution >= 4 is 11.9 Å². The number of carboxylic acid groups (broad SMARTS) is 1. The Bertz CT molecular complexity index is 660. The lowest BCUT2D eigenvalue weighted by Crippen LogP contribution is -2.44. The number of carbonyl (C=O) groups is 2. The number of carboxylic acids is 1. The molecule has 0 bridgehead atoms. The van der Waals surface area contributed by atoms with Crippen molar-refractivity contribution in [2.75, 3.05) is 6.54 Å². The number of amides is 1. The third-order valence-electron chi connectivity index (χ3n) is 3.63. The highest BCUT2D eigenvalue weighted by atomic mass is 16.4. The van der Waals surface area contributed by atoms with Crippen LogP contribution in [0.1, 0.15) is 25.0 Å². The first-order chi connectivity index (χ1) is 11.4. The van der Waals surface area contributed by atoms with E-state index in [1.54, 1.807) is 19.9 Å². The van der Waals surface area contributed by atoms with Crippen molar-refractivity contribution in [2.45, 2.75) is 33.2 Å². The standard InChI is InChI=1S/C18H23N3O3/c1-12(2)16(18(23)24)21-17(22)15(10-19)11-20-9-8-14-7-5-4-6-13(14)3/h4-7,11-12,16,20H,8-9H2,1-3H3,(H,21,22)(H,23,24)/b15-11-. The second-order valence-electron chi connectivity index (χ2n) is 5.83. The molecule has 128 valence electrons. The van der Waals surface area contributed by atoms with E-state index >= 15 is 0 Å². The molecule has 1 rings (SSSR count). The largest absolute Gasteiger partial charge is 0.480 e. The molecular weight excluding hydrogens is 306 g/mol. The number of nitrogens with one attached hydrogen (secondary N) is 2. The molecule has 0 aromatic heterocycles. The molecule has 0 heterocycles. The second kappa shape index (κ2) is 9.36. The Labute approximate surface area is 142 Å². The minimum Gasteiger partial charge on any atom is -0.480 e. The van der Waals surface area contributed by atoms with E-state index < -0.39 is 17.9 Å². The highest BCUT2D eigenvalue weighted by Gasteiger charge is 2.24. The summed E-state index contributed by atoms with van der Waals surface area (Å²) in [5.41, 5.74) is 2.22. The van der Waals surface area contributed by atoms with E-state index in [0.29, 0.717) is 6.54 Å². The Balaban J connectivity index is 2.60. The molecule has 0 spiro atoms. The summed E-state index contributed by atoms with van der Waals surface area (Å²) >= 11 is 0. The number of rotatable bonds is 8. The normalized spacial score (nSPS) is 12.4. The van der Waals surface area contributed by atoms with Gasteiger partial charge >= 0.3 is 5.97 Å². The van der Waals surface area contributed by atoms with E-state index in [0.717, 1.165) is 6.42 Å². The van der Waals surface area contributed by atoms with Gasteiger partial charge in [-0.3, -0.25) is 4.79 Å². The Morgan fingerprint density at radius 2 is 2.00 bits per heavy atom. The lowest BCUT2D eigenvalue weighted by atomic mass is 10.0. The first kappa shape index (κ1) is 19.2. The van der Waals surface area contributed by atoms with Gasteiger partial charge in [0.05, 0.1) is 0 Å². The van der Waals surface area contributed by atoms with Gasteiger partial charge in [0.25, 0.3) is 5.91 Å². The summed E-state index contributed by atoms with van der Waals surface area (Å²) in [6, 6.07) is 8.75. The van der Waals surface area contributed by atoms with Gasteiger partial charge in [0, 0.05) is 12.7 Å². The molecule has 3 N–H and O–H groups in total. The topological polar surface area (TPSA) is 102 Å². The number of aryl methyl sites for hydroxylation is 1. The van der Waals surface area contributed by atoms with Gasteiger partial charge in [0.1, 0.15) is 17.7 Å². The fourth-order valence-electron chi connectivity index (χ4n) is 2.15. The molecule has 0 aliphatic rings. The van der Waals surface area contributed by atoms with Crippen molar-refractivity contribution in [3.05, 3.63) is 47.2 Å². The van der Waals surface area contributed by atoms with Crippen molar-refractivity contribution in [2.24, 2.45) is 5.92 Å². The van der Waals surface area contributed by atoms with Crippen molar-refractivity contribution < 1.29 is 14.7 Å². The molecular formula is C18H23N3O3. The number of hydrogen-bond donors (Lipinski definition) is 3. The summed E-state index contributed by atoms with van der Waals surface area (Å²) in [6.45, 7) is 5.97. The van der Waals surface area contributed by atoms with Gasteiger partial charge in [0.15, 0.2) is 0 Å². The number of carbonyl (C=O) groups excluding carboxylic acids is 1. The van der Waals surface area contributed by atoms with Crippen LogP contribution < -0.4 is 10.6 Å². The van der Waals surface area contributed by atoms with Crippen LogP contribution in [0.25, 0.3) is 0 Å². The average Bonchev–Trinajstić information content (AvgIpc) is 2.53. The van der Waals surface area contributed by atoms with E-state index in [1.165, 1.54) is 17.3 Å². The third-order valence-corrected chi connectivity index (χ3v) is 3.63. The Kier molecular flexibility index (Phi) is 7.50. The smallest absolute Gasteiger partial charge is 0.326 e. The molecule has 0 saturated heterocycles. The van der Waals surface area contributed by atoms with E-state index in [4.69, 9.17) is 10.4 Å². The molecule has 1 aromatic carbocycles. The molecule has 1 unspecified atom stereocenters. The van der Waals surface area contributed by atoms with Gasteiger partial charge < -0.3 is 15.7 Å². The average molecular weight is 329 g/mol. The molecule has 0 saturated carbocycles. The monoisotopic (exact) mass is 329 g/mol. The van der Waals surface area contributed by atoms with Crippen molar-refractivity contribution in [1.29, 1.82) is 5.26 Å². The number of hydrogen-bond acceptors (Lipinski definition) is 4. The zero-order chi connectivity index (χ0) is 18.1. The Hall–Kier alpha value is -2.81. The molecule has 1 atom stereocenters. The Morgan fingerprint density at radius 1 is 1.33 bits per heavy atom. The number of benzene rings is 1. The highest BCUT2D eigenvalue weighted by molar-refractivity contribution is 5.99. The maximum Gasteiger partial charge on any atom is 0.326 e. The molecule has 0 aliphatic carbocycles. The highest BCUT2D eigenvalue weighted by Crippen LogP contribution is 2.07. The van der Waals surface area contributed by atoms with Crippen LogP contribution in [0, 0.1) is 24.2 Å². The van der Waals surface area contributed by atoms with Crippen LogP contribution in [0.2, 0.25) is 0 Å². The van der Waals surface area contributed by atoms with Crippen molar-refractivity contribution in [1.82, 2.24) is 10.6 Å². The zero-order valence-electron chi connectivity index (χ0n) is 14.2. The summed E-state index contributed by atoms with van der Waals surface area (Å²) in [6.07, 6.45) is 2.08. The van der Waals surface area contributed by atoms with Gasteiger partial charge in [-0.1, -0.05) is 38.1 Å². The second-order valence-corrected chi connectivity index (χ2v) is 5.83. The first-order valence-corrected chi connectivity index (χ1v) is 7.78. The summed E-state index contributed by atoms with van der Waals surface area (Å²) in [4.78, 5) is 23.1. The van der Waals surface area contributed by atoms with Crippen molar-refractivity contribution in [3.63, 3.8) is 0 Å². The van der Waals surface area contributed by atoms with E-state index in [1.807, 2.05) is 31.2 Å². The number of aliphatic carboxylic acids is 1. The van der Waals surface area contributed by atoms with E-state index in [9.17, 15) is 9.59 Å². The van der Waals surface area contributed by atoms with E-state index in [2.05, 4.69) is 10.6 Å². The van der Waals surface area contributed by atoms with Gasteiger partial charge in [0.2, 0.25) is 0 Å². The minimum atomic E-state index is -1.12. The van der Waals surface area contributed by atoms with Crippen LogP contribution >= 0.6 is 0 Å². The van der Waals surface area contributed by atoms with Gasteiger partial charge in [-0.2, -0.15) is 5.26 Å². The van der Waals surface area contributed by atoms with Gasteiger partial charge in [-0.15, -0.1) is 0 Å². The summed E-state index contributed by atoms with van der Waals surface area (Å²) in [5, 5.41) is 23.5. The third kappa shape index (κ3) is 5.76. The minimum absolute atomic E-state index is 0.147. The molecule has 6 heteroatoms. The first-order valence-electron chi connectivity index (χ1n) is 7.78. The summed E-state index contributed by atoms with van der Waals surface area (Å²) < 4.78 is 0. The molecule has 24 heavy (non-hydrogen) atoms. The predicted octanol–water partition coefficient (Wildman–Crippen LogP) is 1.76. The lowest BCUT2D eigenvalue weighted by molar-refractivity contribution is -0.142. The maximum atomic E-state index is 12.0. The van der Waals surface area contributed by atoms with Gasteiger partial charge in [-0.05, 0) is 30.4 Å². The van der Waals surface area contributed by atoms with Crippen LogP contribution in [0.4, 0.5) is 0 Å². The van der Waals surface area contributed by atoms with Crippen molar-refractivity contribution in [3.8, 4) is 6.07 Å². The quantitative estimate of drug-likeness (QED) is 0.383. The molecule has 1 amide bonds. The van der Waals surface area contributed by atoms with E-state index in [-0.39, 0.29) is 11.5 Å². The SMILES string of the molecule is Cc1ccccc1CCN/C=C(/C#N)C(=O)NC(C(=O)O)C(C)C. The molecule has 6 nitrogen and oxygen atoms in total. The molecule has 1 aromatic rings. The van der Waals surface area contributed by atoms with Crippen LogP contribution in [-0.4, -0.2) is 29.6 Å². The fraction of sp³-hybridized carbons (Fsp3) is 0.389. The van der Waals surface area contributed by atoms with Crippen LogP contribution in [0.3, 0.4) is 0 Å². The Morgan fingerprint density at radius 3 is 2.54 bits per heavy atom. The zero-order valence-corrected chi connectivity index (χ0v) is 14.2. The summed E-state index contributed by atoms with van der Waals surface area (Å²) in [7, 11) is 0. The maximum absolute atomic E-state index is 12.0. The molecule has 0 fully saturated rings. The number of nitriles is 1. The fourth-order valence-corrected chi connectivity index (χ4v) is 2.15. The predicted molar refractivity (Wildman–Crippen MR) is 91.0 cm³/mol. The lowest BCUT2D eigenvalue weighted by Gasteiger charge is -2.17. The summed E-state index contributed by atoms with van der Waals surface area (Å²) in [5.74, 6) is -2.09.